The van der Waals surface area contributed by atoms with E-state index in [1.807, 2.05) is 0 Å². The molecular formula is C21H24ClNO6. The van der Waals surface area contributed by atoms with Gasteiger partial charge < -0.3 is 19.9 Å². The molecule has 1 aromatic rings. The van der Waals surface area contributed by atoms with Gasteiger partial charge in [0.1, 0.15) is 23.5 Å². The van der Waals surface area contributed by atoms with Gasteiger partial charge in [0.05, 0.1) is 5.41 Å². The minimum Gasteiger partial charge on any atom is -0.506 e. The minimum atomic E-state index is -1.04. The van der Waals surface area contributed by atoms with Crippen molar-refractivity contribution < 1.29 is 29.0 Å². The summed E-state index contributed by atoms with van der Waals surface area (Å²) in [6.07, 6.45) is 0.692. The number of fused-ring (bicyclic) bond motifs is 2. The Balaban J connectivity index is 1.96. The van der Waals surface area contributed by atoms with Crippen LogP contribution < -0.4 is 5.32 Å². The molecule has 29 heavy (non-hydrogen) atoms. The van der Waals surface area contributed by atoms with E-state index in [0.717, 1.165) is 0 Å². The van der Waals surface area contributed by atoms with E-state index in [9.17, 15) is 19.5 Å². The number of halogens is 1. The predicted octanol–water partition coefficient (Wildman–Crippen LogP) is 2.70. The van der Waals surface area contributed by atoms with Gasteiger partial charge in [-0.25, -0.2) is 0 Å². The first-order valence-corrected chi connectivity index (χ1v) is 9.80. The summed E-state index contributed by atoms with van der Waals surface area (Å²) in [6, 6.07) is 4.93. The highest BCUT2D eigenvalue weighted by Crippen LogP contribution is 2.48. The van der Waals surface area contributed by atoms with Gasteiger partial charge in [0, 0.05) is 23.8 Å². The molecule has 1 saturated heterocycles. The van der Waals surface area contributed by atoms with E-state index in [2.05, 4.69) is 5.32 Å². The molecule has 2 aliphatic rings. The highest BCUT2D eigenvalue weighted by atomic mass is 35.5. The maximum absolute atomic E-state index is 13.4. The summed E-state index contributed by atoms with van der Waals surface area (Å²) in [5, 5.41) is 13.5. The molecule has 7 nitrogen and oxygen atoms in total. The van der Waals surface area contributed by atoms with Crippen molar-refractivity contribution in [3.8, 4) is 0 Å². The van der Waals surface area contributed by atoms with Gasteiger partial charge in [-0.15, -0.1) is 0 Å². The fourth-order valence-corrected chi connectivity index (χ4v) is 4.18. The number of hydrogen-bond donors (Lipinski definition) is 2. The van der Waals surface area contributed by atoms with Crippen LogP contribution in [0.2, 0.25) is 5.02 Å². The lowest BCUT2D eigenvalue weighted by atomic mass is 9.64. The summed E-state index contributed by atoms with van der Waals surface area (Å²) in [5.74, 6) is -2.42. The van der Waals surface area contributed by atoms with Gasteiger partial charge >= 0.3 is 5.97 Å². The Kier molecular flexibility index (Phi) is 5.74. The molecular weight excluding hydrogens is 398 g/mol. The van der Waals surface area contributed by atoms with Crippen molar-refractivity contribution in [2.75, 3.05) is 19.8 Å². The van der Waals surface area contributed by atoms with Crippen LogP contribution in [-0.2, 0) is 29.3 Å². The average molecular weight is 422 g/mol. The maximum Gasteiger partial charge on any atom is 0.325 e. The Hall–Kier alpha value is -2.38. The zero-order chi connectivity index (χ0) is 21.4. The summed E-state index contributed by atoms with van der Waals surface area (Å²) >= 11 is 6.40. The van der Waals surface area contributed by atoms with E-state index in [-0.39, 0.29) is 5.57 Å². The number of Topliss-reactive ketones (excluding diaryl/α,β-unsaturated/α-hetero) is 1. The lowest BCUT2D eigenvalue weighted by molar-refractivity contribution is -0.154. The van der Waals surface area contributed by atoms with Gasteiger partial charge in [0.25, 0.3) is 5.91 Å². The van der Waals surface area contributed by atoms with E-state index < -0.39 is 41.0 Å². The van der Waals surface area contributed by atoms with Crippen molar-refractivity contribution in [2.24, 2.45) is 0 Å². The largest absolute Gasteiger partial charge is 0.506 e. The molecule has 0 aromatic heterocycles. The Bertz CT molecular complexity index is 893. The second-order valence-corrected chi connectivity index (χ2v) is 8.59. The third-order valence-electron chi connectivity index (χ3n) is 5.03. The Morgan fingerprint density at radius 3 is 2.55 bits per heavy atom. The van der Waals surface area contributed by atoms with Crippen LogP contribution in [0.5, 0.6) is 0 Å². The van der Waals surface area contributed by atoms with Gasteiger partial charge in [-0.3, -0.25) is 14.4 Å². The second-order valence-electron chi connectivity index (χ2n) is 8.18. The molecule has 0 bridgehead atoms. The molecule has 1 aliphatic carbocycles. The van der Waals surface area contributed by atoms with Crippen LogP contribution in [0.1, 0.15) is 44.7 Å². The van der Waals surface area contributed by atoms with E-state index in [0.29, 0.717) is 42.2 Å². The highest BCUT2D eigenvalue weighted by Gasteiger charge is 2.51. The van der Waals surface area contributed by atoms with Crippen molar-refractivity contribution in [1.29, 1.82) is 0 Å². The van der Waals surface area contributed by atoms with Crippen molar-refractivity contribution in [1.82, 2.24) is 5.32 Å². The van der Waals surface area contributed by atoms with Crippen LogP contribution in [-0.4, -0.2) is 48.1 Å². The topological polar surface area (TPSA) is 102 Å². The number of aliphatic hydroxyl groups is 1. The number of ether oxygens (including phenoxy) is 2. The monoisotopic (exact) mass is 421 g/mol. The van der Waals surface area contributed by atoms with Crippen LogP contribution in [0.4, 0.5) is 0 Å². The molecule has 156 valence electrons. The Morgan fingerprint density at radius 2 is 1.93 bits per heavy atom. The fraction of sp³-hybridized carbons (Fsp3) is 0.476. The van der Waals surface area contributed by atoms with Crippen molar-refractivity contribution >= 4 is 35.0 Å². The molecule has 1 heterocycles. The highest BCUT2D eigenvalue weighted by molar-refractivity contribution is 6.34. The van der Waals surface area contributed by atoms with Crippen LogP contribution in [0.15, 0.2) is 23.8 Å². The number of benzene rings is 1. The molecule has 1 amide bonds. The lowest BCUT2D eigenvalue weighted by Gasteiger charge is -2.41. The van der Waals surface area contributed by atoms with Gasteiger partial charge in [-0.2, -0.15) is 0 Å². The summed E-state index contributed by atoms with van der Waals surface area (Å²) < 4.78 is 10.6. The first kappa shape index (κ1) is 21.3. The van der Waals surface area contributed by atoms with Crippen LogP contribution in [0.25, 0.3) is 5.76 Å². The number of esters is 1. The maximum atomic E-state index is 13.4. The SMILES string of the molecule is CC(C)(C)OC(=O)CNC(=O)C1=C(O)c2cccc(Cl)c2C2(CCOCC2)C1=O. The lowest BCUT2D eigenvalue weighted by Crippen LogP contribution is -2.48. The minimum absolute atomic E-state index is 0.337. The molecule has 0 saturated carbocycles. The number of carbonyl (C=O) groups is 3. The van der Waals surface area contributed by atoms with Gasteiger partial charge in [0.2, 0.25) is 0 Å². The van der Waals surface area contributed by atoms with Gasteiger partial charge in [-0.1, -0.05) is 23.7 Å². The van der Waals surface area contributed by atoms with E-state index in [1.54, 1.807) is 39.0 Å². The zero-order valence-electron chi connectivity index (χ0n) is 16.6. The summed E-state index contributed by atoms with van der Waals surface area (Å²) in [5.41, 5.74) is -1.24. The molecule has 0 atom stereocenters. The molecule has 0 radical (unpaired) electrons. The Labute approximate surface area is 174 Å². The second kappa shape index (κ2) is 7.80. The summed E-state index contributed by atoms with van der Waals surface area (Å²) in [6.45, 7) is 5.39. The number of hydrogen-bond acceptors (Lipinski definition) is 6. The zero-order valence-corrected chi connectivity index (χ0v) is 17.4. The van der Waals surface area contributed by atoms with E-state index in [1.165, 1.54) is 0 Å². The van der Waals surface area contributed by atoms with Crippen LogP contribution >= 0.6 is 11.6 Å². The molecule has 1 aromatic carbocycles. The average Bonchev–Trinajstić information content (AvgIpc) is 2.64. The molecule has 8 heteroatoms. The van der Waals surface area contributed by atoms with E-state index >= 15 is 0 Å². The van der Waals surface area contributed by atoms with Crippen molar-refractivity contribution in [2.45, 2.75) is 44.6 Å². The summed E-state index contributed by atoms with van der Waals surface area (Å²) in [4.78, 5) is 38.1. The fourth-order valence-electron chi connectivity index (χ4n) is 3.83. The predicted molar refractivity (Wildman–Crippen MR) is 107 cm³/mol. The van der Waals surface area contributed by atoms with Crippen molar-refractivity contribution in [3.05, 3.63) is 39.9 Å². The Morgan fingerprint density at radius 1 is 1.28 bits per heavy atom. The van der Waals surface area contributed by atoms with Crippen LogP contribution in [0, 0.1) is 0 Å². The smallest absolute Gasteiger partial charge is 0.325 e. The summed E-state index contributed by atoms with van der Waals surface area (Å²) in [7, 11) is 0. The first-order chi connectivity index (χ1) is 13.6. The normalized spacial score (nSPS) is 18.4. The third kappa shape index (κ3) is 4.02. The van der Waals surface area contributed by atoms with Crippen molar-refractivity contribution in [3.63, 3.8) is 0 Å². The number of aliphatic hydroxyl groups excluding tert-OH is 1. The van der Waals surface area contributed by atoms with E-state index in [4.69, 9.17) is 21.1 Å². The number of ketones is 1. The standard InChI is InChI=1S/C21H24ClNO6/c1-20(2,3)29-14(24)11-23-19(27)15-17(25)12-5-4-6-13(22)16(12)21(18(15)26)7-9-28-10-8-21/h4-6,25H,7-11H2,1-3H3,(H,23,27). The van der Waals surface area contributed by atoms with Crippen LogP contribution in [0.3, 0.4) is 0 Å². The molecule has 2 N–H and O–H groups in total. The third-order valence-corrected chi connectivity index (χ3v) is 5.35. The quantitative estimate of drug-likeness (QED) is 0.574. The number of amides is 1. The molecule has 0 unspecified atom stereocenters. The number of rotatable bonds is 3. The molecule has 1 spiro atoms. The molecule has 1 fully saturated rings. The number of nitrogens with one attached hydrogen (secondary N) is 1. The molecule has 3 rings (SSSR count). The number of carbonyl (C=O) groups excluding carboxylic acids is 3. The molecule has 1 aliphatic heterocycles. The van der Waals surface area contributed by atoms with Gasteiger partial charge in [0.15, 0.2) is 5.78 Å². The van der Waals surface area contributed by atoms with Gasteiger partial charge in [-0.05, 0) is 45.2 Å². The first-order valence-electron chi connectivity index (χ1n) is 9.42.